The molecule has 0 aliphatic carbocycles. The average molecular weight is 330 g/mol. The molecule has 0 aliphatic heterocycles. The highest BCUT2D eigenvalue weighted by molar-refractivity contribution is 5.88. The van der Waals surface area contributed by atoms with Crippen LogP contribution in [0.5, 0.6) is 11.5 Å². The second kappa shape index (κ2) is 8.57. The van der Waals surface area contributed by atoms with Crippen LogP contribution >= 0.6 is 0 Å². The van der Waals surface area contributed by atoms with Crippen molar-refractivity contribution in [3.8, 4) is 11.5 Å². The second-order valence-electron chi connectivity index (χ2n) is 5.07. The number of carboxylic acids is 2. The molecule has 0 aliphatic rings. The fourth-order valence-corrected chi connectivity index (χ4v) is 2.02. The quantitative estimate of drug-likeness (QED) is 0.685. The van der Waals surface area contributed by atoms with Crippen LogP contribution in [0.3, 0.4) is 0 Å². The maximum absolute atomic E-state index is 10.9. The Kier molecular flexibility index (Phi) is 6.19. The van der Waals surface area contributed by atoms with Gasteiger partial charge >= 0.3 is 11.9 Å². The minimum atomic E-state index is -0.988. The fraction of sp³-hybridized carbons (Fsp3) is 0.222. The van der Waals surface area contributed by atoms with Gasteiger partial charge in [-0.3, -0.25) is 0 Å². The molecule has 24 heavy (non-hydrogen) atoms. The molecule has 0 spiro atoms. The molecule has 0 heterocycles. The molecule has 0 unspecified atom stereocenters. The number of carboxylic acid groups (broad SMARTS) is 2. The van der Waals surface area contributed by atoms with Crippen LogP contribution < -0.4 is 9.47 Å². The molecule has 2 rings (SSSR count). The van der Waals surface area contributed by atoms with Gasteiger partial charge in [0.1, 0.15) is 11.5 Å². The van der Waals surface area contributed by atoms with Crippen molar-refractivity contribution in [1.29, 1.82) is 0 Å². The van der Waals surface area contributed by atoms with Gasteiger partial charge in [-0.1, -0.05) is 12.1 Å². The molecule has 6 heteroatoms. The molecule has 0 radical (unpaired) electrons. The van der Waals surface area contributed by atoms with Gasteiger partial charge in [0.15, 0.2) is 0 Å². The van der Waals surface area contributed by atoms with Gasteiger partial charge in [-0.2, -0.15) is 0 Å². The Hall–Kier alpha value is -3.02. The first kappa shape index (κ1) is 17.3. The highest BCUT2D eigenvalue weighted by atomic mass is 16.5. The van der Waals surface area contributed by atoms with E-state index in [1.54, 1.807) is 24.3 Å². The lowest BCUT2D eigenvalue weighted by Crippen LogP contribution is -2.04. The molecular weight excluding hydrogens is 312 g/mol. The van der Waals surface area contributed by atoms with Crippen molar-refractivity contribution in [2.75, 3.05) is 13.2 Å². The smallest absolute Gasteiger partial charge is 0.335 e. The summed E-state index contributed by atoms with van der Waals surface area (Å²) in [5.74, 6) is -0.940. The molecule has 2 aromatic rings. The van der Waals surface area contributed by atoms with Gasteiger partial charge in [-0.15, -0.1) is 0 Å². The summed E-state index contributed by atoms with van der Waals surface area (Å²) in [6, 6.07) is 12.7. The Morgan fingerprint density at radius 3 is 1.54 bits per heavy atom. The lowest BCUT2D eigenvalue weighted by atomic mass is 10.2. The highest BCUT2D eigenvalue weighted by Gasteiger charge is 2.05. The molecule has 0 aromatic heterocycles. The van der Waals surface area contributed by atoms with Gasteiger partial charge in [-0.05, 0) is 49.2 Å². The molecule has 6 nitrogen and oxygen atoms in total. The van der Waals surface area contributed by atoms with E-state index in [0.717, 1.165) is 12.8 Å². The number of hydrogen-bond acceptors (Lipinski definition) is 4. The molecule has 0 amide bonds. The Balaban J connectivity index is 1.68. The van der Waals surface area contributed by atoms with Crippen molar-refractivity contribution in [3.63, 3.8) is 0 Å². The van der Waals surface area contributed by atoms with Gasteiger partial charge in [-0.25, -0.2) is 9.59 Å². The molecule has 0 bridgehead atoms. The zero-order valence-electron chi connectivity index (χ0n) is 13.0. The van der Waals surface area contributed by atoms with E-state index in [4.69, 9.17) is 19.7 Å². The first-order valence-corrected chi connectivity index (χ1v) is 7.48. The monoisotopic (exact) mass is 330 g/mol. The van der Waals surface area contributed by atoms with Crippen molar-refractivity contribution in [3.05, 3.63) is 59.7 Å². The minimum Gasteiger partial charge on any atom is -0.494 e. The number of hydrogen-bond donors (Lipinski definition) is 2. The summed E-state index contributed by atoms with van der Waals surface area (Å²) in [6.07, 6.45) is 1.46. The van der Waals surface area contributed by atoms with E-state index in [2.05, 4.69) is 0 Å². The Bertz CT molecular complexity index is 649. The van der Waals surface area contributed by atoms with E-state index in [-0.39, 0.29) is 11.1 Å². The van der Waals surface area contributed by atoms with E-state index < -0.39 is 11.9 Å². The van der Waals surface area contributed by atoms with Gasteiger partial charge in [0.2, 0.25) is 0 Å². The topological polar surface area (TPSA) is 93.1 Å². The molecule has 0 fully saturated rings. The number of carbonyl (C=O) groups is 2. The van der Waals surface area contributed by atoms with Crippen molar-refractivity contribution in [2.45, 2.75) is 12.8 Å². The van der Waals surface area contributed by atoms with Gasteiger partial charge in [0.05, 0.1) is 24.3 Å². The normalized spacial score (nSPS) is 10.2. The molecule has 0 saturated heterocycles. The van der Waals surface area contributed by atoms with Crippen LogP contribution in [0.25, 0.3) is 0 Å². The number of benzene rings is 2. The number of rotatable bonds is 9. The maximum atomic E-state index is 10.9. The fourth-order valence-electron chi connectivity index (χ4n) is 2.02. The summed E-state index contributed by atoms with van der Waals surface area (Å²) < 4.78 is 11.0. The Morgan fingerprint density at radius 1 is 0.750 bits per heavy atom. The highest BCUT2D eigenvalue weighted by Crippen LogP contribution is 2.15. The number of unbranched alkanes of at least 4 members (excludes halogenated alkanes) is 1. The van der Waals surface area contributed by atoms with Crippen LogP contribution in [-0.2, 0) is 0 Å². The maximum Gasteiger partial charge on any atom is 0.335 e. The van der Waals surface area contributed by atoms with Gasteiger partial charge in [0.25, 0.3) is 0 Å². The van der Waals surface area contributed by atoms with Crippen LogP contribution in [0.2, 0.25) is 0 Å². The Morgan fingerprint density at radius 2 is 1.17 bits per heavy atom. The van der Waals surface area contributed by atoms with Crippen LogP contribution in [0.15, 0.2) is 48.5 Å². The molecule has 126 valence electrons. The molecule has 2 N–H and O–H groups in total. The van der Waals surface area contributed by atoms with Gasteiger partial charge in [0, 0.05) is 0 Å². The first-order valence-electron chi connectivity index (χ1n) is 7.48. The zero-order chi connectivity index (χ0) is 17.4. The summed E-state index contributed by atoms with van der Waals surface area (Å²) in [4.78, 5) is 21.7. The van der Waals surface area contributed by atoms with Crippen molar-refractivity contribution in [2.24, 2.45) is 0 Å². The lowest BCUT2D eigenvalue weighted by molar-refractivity contribution is 0.0685. The van der Waals surface area contributed by atoms with E-state index in [1.807, 2.05) is 0 Å². The molecular formula is C18H18O6. The van der Waals surface area contributed by atoms with Crippen LogP contribution in [0, 0.1) is 0 Å². The van der Waals surface area contributed by atoms with Gasteiger partial charge < -0.3 is 19.7 Å². The lowest BCUT2D eigenvalue weighted by Gasteiger charge is -2.08. The predicted octanol–water partition coefficient (Wildman–Crippen LogP) is 3.32. The van der Waals surface area contributed by atoms with E-state index in [0.29, 0.717) is 24.7 Å². The largest absolute Gasteiger partial charge is 0.494 e. The summed E-state index contributed by atoms with van der Waals surface area (Å²) in [7, 11) is 0. The van der Waals surface area contributed by atoms with E-state index in [1.165, 1.54) is 24.3 Å². The summed E-state index contributed by atoms with van der Waals surface area (Å²) >= 11 is 0. The summed E-state index contributed by atoms with van der Waals surface area (Å²) in [5, 5.41) is 17.8. The van der Waals surface area contributed by atoms with Crippen LogP contribution in [-0.4, -0.2) is 35.4 Å². The number of aromatic carboxylic acids is 2. The minimum absolute atomic E-state index is 0.189. The number of ether oxygens (including phenoxy) is 2. The zero-order valence-corrected chi connectivity index (χ0v) is 13.0. The first-order chi connectivity index (χ1) is 11.6. The van der Waals surface area contributed by atoms with E-state index >= 15 is 0 Å². The van der Waals surface area contributed by atoms with E-state index in [9.17, 15) is 9.59 Å². The van der Waals surface area contributed by atoms with Crippen molar-refractivity contribution >= 4 is 11.9 Å². The molecule has 0 saturated carbocycles. The van der Waals surface area contributed by atoms with Crippen molar-refractivity contribution < 1.29 is 29.3 Å². The average Bonchev–Trinajstić information content (AvgIpc) is 2.58. The Labute approximate surface area is 139 Å². The summed E-state index contributed by atoms with van der Waals surface area (Å²) in [6.45, 7) is 0.892. The molecule has 2 aromatic carbocycles. The molecule has 0 atom stereocenters. The third-order valence-electron chi connectivity index (χ3n) is 3.24. The second-order valence-corrected chi connectivity index (χ2v) is 5.07. The standard InChI is InChI=1S/C18H18O6/c19-17(20)13-5-3-7-15(11-13)23-9-1-2-10-24-16-8-4-6-14(12-16)18(21)22/h3-8,11-12H,1-2,9-10H2,(H,19,20)(H,21,22). The predicted molar refractivity (Wildman–Crippen MR) is 87.0 cm³/mol. The third-order valence-corrected chi connectivity index (χ3v) is 3.24. The van der Waals surface area contributed by atoms with Crippen molar-refractivity contribution in [1.82, 2.24) is 0 Å². The third kappa shape index (κ3) is 5.31. The van der Waals surface area contributed by atoms with Crippen LogP contribution in [0.4, 0.5) is 0 Å². The summed E-state index contributed by atoms with van der Waals surface area (Å²) in [5.41, 5.74) is 0.378. The SMILES string of the molecule is O=C(O)c1cccc(OCCCCOc2cccc(C(=O)O)c2)c1. The van der Waals surface area contributed by atoms with Crippen LogP contribution in [0.1, 0.15) is 33.6 Å².